The van der Waals surface area contributed by atoms with Gasteiger partial charge in [-0.15, -0.1) is 0 Å². The molecule has 1 saturated carbocycles. The van der Waals surface area contributed by atoms with Crippen molar-refractivity contribution in [3.05, 3.63) is 46.2 Å². The third-order valence-corrected chi connectivity index (χ3v) is 9.05. The molecule has 9 nitrogen and oxygen atoms in total. The number of amides is 1. The summed E-state index contributed by atoms with van der Waals surface area (Å²) in [5.41, 5.74) is 6.12. The molecule has 2 N–H and O–H groups in total. The fourth-order valence-corrected chi connectivity index (χ4v) is 6.22. The van der Waals surface area contributed by atoms with E-state index in [1.54, 1.807) is 7.11 Å². The molecule has 10 heteroatoms. The summed E-state index contributed by atoms with van der Waals surface area (Å²) in [6, 6.07) is 8.61. The van der Waals surface area contributed by atoms with E-state index < -0.39 is 6.09 Å². The number of rotatable bonds is 11. The number of piperazine rings is 1. The highest BCUT2D eigenvalue weighted by Gasteiger charge is 2.43. The predicted octanol–water partition coefficient (Wildman–Crippen LogP) is 5.71. The first-order valence-electron chi connectivity index (χ1n) is 14.5. The molecule has 1 saturated heterocycles. The highest BCUT2D eigenvalue weighted by Crippen LogP contribution is 2.51. The van der Waals surface area contributed by atoms with E-state index in [2.05, 4.69) is 49.7 Å². The summed E-state index contributed by atoms with van der Waals surface area (Å²) < 4.78 is 15.2. The maximum Gasteiger partial charge on any atom is 0.407 e. The SMILES string of the molecule is COC(C)c1ncc(N2CCN(C(=O)O)CC2)cc1-c1c(CC2(CO)CC2)c2cc(Br)ccc2n1CCOC(C)C. The number of fused-ring (bicyclic) bond motifs is 1. The fraction of sp³-hybridized carbons (Fsp3) is 0.548. The molecule has 1 amide bonds. The zero-order valence-electron chi connectivity index (χ0n) is 24.4. The first-order chi connectivity index (χ1) is 19.7. The van der Waals surface area contributed by atoms with Gasteiger partial charge >= 0.3 is 6.09 Å². The average Bonchev–Trinajstić information content (AvgIpc) is 3.69. The summed E-state index contributed by atoms with van der Waals surface area (Å²) in [5.74, 6) is 0. The van der Waals surface area contributed by atoms with Crippen molar-refractivity contribution in [1.29, 1.82) is 0 Å². The van der Waals surface area contributed by atoms with Gasteiger partial charge in [0, 0.05) is 67.4 Å². The summed E-state index contributed by atoms with van der Waals surface area (Å²) in [5, 5.41) is 20.9. The van der Waals surface area contributed by atoms with E-state index in [-0.39, 0.29) is 24.2 Å². The summed E-state index contributed by atoms with van der Waals surface area (Å²) >= 11 is 3.70. The van der Waals surface area contributed by atoms with Crippen LogP contribution in [0.3, 0.4) is 0 Å². The Labute approximate surface area is 250 Å². The van der Waals surface area contributed by atoms with Gasteiger partial charge in [0.1, 0.15) is 0 Å². The van der Waals surface area contributed by atoms with Crippen molar-refractivity contribution in [3.63, 3.8) is 0 Å². The average molecular weight is 630 g/mol. The van der Waals surface area contributed by atoms with Crippen molar-refractivity contribution >= 4 is 38.6 Å². The van der Waals surface area contributed by atoms with E-state index >= 15 is 0 Å². The van der Waals surface area contributed by atoms with Crippen molar-refractivity contribution in [3.8, 4) is 11.3 Å². The molecular weight excluding hydrogens is 588 g/mol. The Bertz CT molecular complexity index is 1390. The van der Waals surface area contributed by atoms with Crippen LogP contribution >= 0.6 is 15.9 Å². The summed E-state index contributed by atoms with van der Waals surface area (Å²) in [6.45, 7) is 9.61. The molecule has 2 fully saturated rings. The molecule has 0 radical (unpaired) electrons. The van der Waals surface area contributed by atoms with Crippen LogP contribution in [0.5, 0.6) is 0 Å². The second-order valence-corrected chi connectivity index (χ2v) is 12.6. The van der Waals surface area contributed by atoms with Gasteiger partial charge in [-0.3, -0.25) is 4.98 Å². The normalized spacial score (nSPS) is 17.4. The molecule has 3 heterocycles. The van der Waals surface area contributed by atoms with E-state index in [4.69, 9.17) is 14.5 Å². The van der Waals surface area contributed by atoms with Crippen LogP contribution in [0.25, 0.3) is 22.2 Å². The van der Waals surface area contributed by atoms with Crippen LogP contribution < -0.4 is 4.90 Å². The molecule has 2 aliphatic rings. The van der Waals surface area contributed by atoms with Gasteiger partial charge in [-0.1, -0.05) is 15.9 Å². The first-order valence-corrected chi connectivity index (χ1v) is 15.2. The molecule has 0 spiro atoms. The molecule has 3 aromatic rings. The third-order valence-electron chi connectivity index (χ3n) is 8.55. The molecule has 5 rings (SSSR count). The number of anilines is 1. The minimum Gasteiger partial charge on any atom is -0.465 e. The number of benzene rings is 1. The van der Waals surface area contributed by atoms with Gasteiger partial charge in [0.05, 0.1) is 42.1 Å². The molecule has 222 valence electrons. The van der Waals surface area contributed by atoms with E-state index in [0.717, 1.165) is 57.3 Å². The highest BCUT2D eigenvalue weighted by atomic mass is 79.9. The molecule has 1 aliphatic carbocycles. The molecule has 1 aromatic carbocycles. The zero-order valence-corrected chi connectivity index (χ0v) is 26.0. The Hall–Kier alpha value is -2.66. The van der Waals surface area contributed by atoms with Gasteiger partial charge < -0.3 is 34.1 Å². The lowest BCUT2D eigenvalue weighted by Crippen LogP contribution is -2.48. The molecule has 1 aliphatic heterocycles. The smallest absolute Gasteiger partial charge is 0.407 e. The van der Waals surface area contributed by atoms with E-state index in [1.807, 2.05) is 27.0 Å². The molecular formula is C31H41BrN4O5. The number of carbonyl (C=O) groups is 1. The van der Waals surface area contributed by atoms with Crippen LogP contribution in [0.4, 0.5) is 10.5 Å². The van der Waals surface area contributed by atoms with Crippen LogP contribution in [0.2, 0.25) is 0 Å². The number of aromatic nitrogens is 2. The molecule has 1 atom stereocenters. The number of aliphatic hydroxyl groups excluding tert-OH is 1. The van der Waals surface area contributed by atoms with Gasteiger partial charge in [0.15, 0.2) is 0 Å². The molecule has 1 unspecified atom stereocenters. The van der Waals surface area contributed by atoms with Crippen molar-refractivity contribution in [2.24, 2.45) is 5.41 Å². The lowest BCUT2D eigenvalue weighted by atomic mass is 9.92. The lowest BCUT2D eigenvalue weighted by Gasteiger charge is -2.35. The number of hydrogen-bond acceptors (Lipinski definition) is 6. The molecule has 0 bridgehead atoms. The Balaban J connectivity index is 1.69. The number of pyridine rings is 1. The number of ether oxygens (including phenoxy) is 2. The fourth-order valence-electron chi connectivity index (χ4n) is 5.86. The molecule has 41 heavy (non-hydrogen) atoms. The highest BCUT2D eigenvalue weighted by molar-refractivity contribution is 9.10. The maximum atomic E-state index is 11.5. The van der Waals surface area contributed by atoms with Gasteiger partial charge in [0.25, 0.3) is 0 Å². The van der Waals surface area contributed by atoms with Crippen molar-refractivity contribution in [2.45, 2.75) is 58.8 Å². The monoisotopic (exact) mass is 628 g/mol. The van der Waals surface area contributed by atoms with Gasteiger partial charge in [-0.05, 0) is 75.3 Å². The third kappa shape index (κ3) is 6.26. The first kappa shape index (κ1) is 29.8. The van der Waals surface area contributed by atoms with E-state index in [0.29, 0.717) is 39.3 Å². The minimum absolute atomic E-state index is 0.101. The number of halogens is 1. The van der Waals surface area contributed by atoms with Crippen LogP contribution in [0.15, 0.2) is 34.9 Å². The predicted molar refractivity (Wildman–Crippen MR) is 164 cm³/mol. The lowest BCUT2D eigenvalue weighted by molar-refractivity contribution is 0.0735. The van der Waals surface area contributed by atoms with Crippen molar-refractivity contribution in [1.82, 2.24) is 14.5 Å². The van der Waals surface area contributed by atoms with E-state index in [9.17, 15) is 15.0 Å². The Morgan fingerprint density at radius 1 is 1.15 bits per heavy atom. The summed E-state index contributed by atoms with van der Waals surface area (Å²) in [6.07, 6.45) is 3.67. The molecule has 2 aromatic heterocycles. The number of aliphatic hydroxyl groups is 1. The standard InChI is InChI=1S/C31H41BrN4O5/c1-20(2)41-14-13-36-27-6-5-22(32)15-24(27)26(17-31(19-37)7-8-31)29(36)25-16-23(18-33-28(25)21(3)40-4)34-9-11-35(12-10-34)30(38)39/h5-6,15-16,18,20-21,37H,7-14,17,19H2,1-4H3,(H,38,39). The van der Waals surface area contributed by atoms with Crippen LogP contribution in [-0.2, 0) is 22.4 Å². The second kappa shape index (κ2) is 12.3. The van der Waals surface area contributed by atoms with Crippen LogP contribution in [-0.4, -0.2) is 83.4 Å². The largest absolute Gasteiger partial charge is 0.465 e. The maximum absolute atomic E-state index is 11.5. The van der Waals surface area contributed by atoms with Gasteiger partial charge in [0.2, 0.25) is 0 Å². The number of hydrogen-bond donors (Lipinski definition) is 2. The quantitative estimate of drug-likeness (QED) is 0.280. The van der Waals surface area contributed by atoms with Crippen LogP contribution in [0, 0.1) is 5.41 Å². The Morgan fingerprint density at radius 2 is 1.88 bits per heavy atom. The Morgan fingerprint density at radius 3 is 2.49 bits per heavy atom. The minimum atomic E-state index is -0.880. The van der Waals surface area contributed by atoms with Crippen molar-refractivity contribution < 1.29 is 24.5 Å². The Kier molecular flexibility index (Phi) is 8.94. The number of carboxylic acid groups (broad SMARTS) is 1. The summed E-state index contributed by atoms with van der Waals surface area (Å²) in [4.78, 5) is 20.1. The van der Waals surface area contributed by atoms with E-state index in [1.165, 1.54) is 10.5 Å². The second-order valence-electron chi connectivity index (χ2n) is 11.7. The topological polar surface area (TPSA) is 100 Å². The van der Waals surface area contributed by atoms with Gasteiger partial charge in [-0.2, -0.15) is 0 Å². The van der Waals surface area contributed by atoms with Gasteiger partial charge in [-0.25, -0.2) is 4.79 Å². The summed E-state index contributed by atoms with van der Waals surface area (Å²) in [7, 11) is 1.70. The van der Waals surface area contributed by atoms with Crippen molar-refractivity contribution in [2.75, 3.05) is 51.4 Å². The zero-order chi connectivity index (χ0) is 29.3. The van der Waals surface area contributed by atoms with Crippen LogP contribution in [0.1, 0.15) is 51.0 Å². The number of nitrogens with zero attached hydrogens (tertiary/aromatic N) is 4. The number of methoxy groups -OCH3 is 1.